The predicted octanol–water partition coefficient (Wildman–Crippen LogP) is 3.69. The Kier molecular flexibility index (Phi) is 5.20. The van der Waals surface area contributed by atoms with Gasteiger partial charge in [0.15, 0.2) is 6.23 Å². The van der Waals surface area contributed by atoms with Gasteiger partial charge in [-0.1, -0.05) is 12.1 Å². The van der Waals surface area contributed by atoms with Gasteiger partial charge in [-0.3, -0.25) is 4.79 Å². The van der Waals surface area contributed by atoms with Gasteiger partial charge in [-0.2, -0.15) is 5.10 Å². The van der Waals surface area contributed by atoms with Crippen LogP contribution in [0.2, 0.25) is 0 Å². The van der Waals surface area contributed by atoms with E-state index in [0.29, 0.717) is 30.0 Å². The third kappa shape index (κ3) is 3.88. The highest BCUT2D eigenvalue weighted by atomic mass is 19.1. The predicted molar refractivity (Wildman–Crippen MR) is 118 cm³/mol. The number of H-pyrrole nitrogens is 1. The Morgan fingerprint density at radius 3 is 2.62 bits per heavy atom. The number of halogens is 1. The zero-order chi connectivity index (χ0) is 22.1. The van der Waals surface area contributed by atoms with E-state index >= 15 is 0 Å². The number of nitrogen functional groups attached to an aromatic ring is 1. The average Bonchev–Trinajstić information content (AvgIpc) is 3.53. The first kappa shape index (κ1) is 20.0. The van der Waals surface area contributed by atoms with Crippen molar-refractivity contribution in [1.29, 1.82) is 0 Å². The van der Waals surface area contributed by atoms with Gasteiger partial charge in [-0.15, -0.1) is 0 Å². The number of nitrogens with one attached hydrogen (secondary N) is 1. The Hall–Kier alpha value is -3.91. The number of aromatic amines is 1. The van der Waals surface area contributed by atoms with E-state index in [-0.39, 0.29) is 18.3 Å². The van der Waals surface area contributed by atoms with Crippen molar-refractivity contribution in [2.24, 2.45) is 0 Å². The molecule has 32 heavy (non-hydrogen) atoms. The summed E-state index contributed by atoms with van der Waals surface area (Å²) in [6.45, 7) is 0.512. The first-order chi connectivity index (χ1) is 15.6. The van der Waals surface area contributed by atoms with Crippen molar-refractivity contribution in [1.82, 2.24) is 19.7 Å². The maximum absolute atomic E-state index is 13.4. The molecular weight excluding hydrogens is 409 g/mol. The van der Waals surface area contributed by atoms with Crippen LogP contribution in [0.3, 0.4) is 0 Å². The zero-order valence-corrected chi connectivity index (χ0v) is 17.2. The van der Waals surface area contributed by atoms with Crippen LogP contribution in [0.5, 0.6) is 0 Å². The normalized spacial score (nSPS) is 16.1. The quantitative estimate of drug-likeness (QED) is 0.456. The molecule has 1 aliphatic rings. The molecule has 1 aliphatic heterocycles. The summed E-state index contributed by atoms with van der Waals surface area (Å²) in [6, 6.07) is 17.5. The minimum Gasteiger partial charge on any atom is -0.399 e. The van der Waals surface area contributed by atoms with Gasteiger partial charge in [0, 0.05) is 30.2 Å². The molecule has 2 aromatic heterocycles. The smallest absolute Gasteiger partial charge is 0.250 e. The van der Waals surface area contributed by atoms with Crippen LogP contribution in [-0.4, -0.2) is 38.7 Å². The molecule has 0 radical (unpaired) electrons. The number of hydrogen-bond donors (Lipinski definition) is 2. The molecule has 2 aromatic carbocycles. The number of carbonyl (C=O) groups is 1. The van der Waals surface area contributed by atoms with E-state index in [2.05, 4.69) is 4.98 Å². The minimum atomic E-state index is -0.566. The maximum atomic E-state index is 13.4. The lowest BCUT2D eigenvalue weighted by Gasteiger charge is -2.23. The van der Waals surface area contributed by atoms with Crippen molar-refractivity contribution in [2.45, 2.75) is 12.6 Å². The van der Waals surface area contributed by atoms with Gasteiger partial charge in [0.2, 0.25) is 0 Å². The van der Waals surface area contributed by atoms with Gasteiger partial charge in [0.1, 0.15) is 18.1 Å². The van der Waals surface area contributed by atoms with E-state index in [1.54, 1.807) is 21.7 Å². The minimum absolute atomic E-state index is 0.0122. The first-order valence-electron chi connectivity index (χ1n) is 10.3. The summed E-state index contributed by atoms with van der Waals surface area (Å²) in [5, 5.41) is 4.72. The van der Waals surface area contributed by atoms with Crippen molar-refractivity contribution in [3.8, 4) is 17.1 Å². The molecular formula is C24H22FN5O2. The van der Waals surface area contributed by atoms with Gasteiger partial charge in [-0.25, -0.2) is 9.07 Å². The van der Waals surface area contributed by atoms with E-state index in [1.807, 2.05) is 48.8 Å². The largest absolute Gasteiger partial charge is 0.399 e. The number of carbonyl (C=O) groups excluding carboxylic acids is 1. The number of ether oxygens (including phenoxy) is 1. The van der Waals surface area contributed by atoms with Gasteiger partial charge in [0.25, 0.3) is 5.91 Å². The number of rotatable bonds is 6. The average molecular weight is 431 g/mol. The Bertz CT molecular complexity index is 1220. The molecule has 3 heterocycles. The van der Waals surface area contributed by atoms with Gasteiger partial charge >= 0.3 is 0 Å². The number of aromatic nitrogens is 3. The number of benzene rings is 2. The molecule has 0 saturated carbocycles. The fourth-order valence-electron chi connectivity index (χ4n) is 3.87. The molecule has 1 unspecified atom stereocenters. The van der Waals surface area contributed by atoms with Crippen molar-refractivity contribution >= 4 is 11.6 Å². The highest BCUT2D eigenvalue weighted by molar-refractivity contribution is 5.80. The van der Waals surface area contributed by atoms with Gasteiger partial charge < -0.3 is 20.4 Å². The third-order valence-corrected chi connectivity index (χ3v) is 5.54. The second-order valence-electron chi connectivity index (χ2n) is 7.68. The van der Waals surface area contributed by atoms with Crippen LogP contribution < -0.4 is 5.73 Å². The standard InChI is InChI=1S/C24H22FN5O2/c25-17-5-9-19(10-6-17)30-14-20(23(28-30)21-2-1-12-27-21)24-29(22(31)15-32-24)13-11-16-3-7-18(26)8-4-16/h1-10,12,14,24,27H,11,13,15,26H2. The monoisotopic (exact) mass is 431 g/mol. The summed E-state index contributed by atoms with van der Waals surface area (Å²) in [7, 11) is 0. The maximum Gasteiger partial charge on any atom is 0.250 e. The van der Waals surface area contributed by atoms with Crippen LogP contribution in [0.15, 0.2) is 73.1 Å². The summed E-state index contributed by atoms with van der Waals surface area (Å²) in [4.78, 5) is 17.6. The Morgan fingerprint density at radius 2 is 1.91 bits per heavy atom. The molecule has 162 valence electrons. The second kappa shape index (κ2) is 8.32. The third-order valence-electron chi connectivity index (χ3n) is 5.54. The number of amides is 1. The SMILES string of the molecule is Nc1ccc(CCN2C(=O)COC2c2cn(-c3ccc(F)cc3)nc2-c2ccc[nH]2)cc1. The molecule has 0 bridgehead atoms. The van der Waals surface area contributed by atoms with Crippen LogP contribution >= 0.6 is 0 Å². The molecule has 0 spiro atoms. The number of hydrogen-bond acceptors (Lipinski definition) is 4. The highest BCUT2D eigenvalue weighted by Gasteiger charge is 2.36. The van der Waals surface area contributed by atoms with Crippen LogP contribution in [0.4, 0.5) is 10.1 Å². The summed E-state index contributed by atoms with van der Waals surface area (Å²) in [6.07, 6.45) is 3.76. The topological polar surface area (TPSA) is 89.2 Å². The van der Waals surface area contributed by atoms with Crippen molar-refractivity contribution in [2.75, 3.05) is 18.9 Å². The molecule has 0 aliphatic carbocycles. The fourth-order valence-corrected chi connectivity index (χ4v) is 3.87. The van der Waals surface area contributed by atoms with Crippen molar-refractivity contribution < 1.29 is 13.9 Å². The molecule has 1 fully saturated rings. The molecule has 7 nitrogen and oxygen atoms in total. The summed E-state index contributed by atoms with van der Waals surface area (Å²) in [5.41, 5.74) is 10.5. The lowest BCUT2D eigenvalue weighted by Crippen LogP contribution is -2.30. The number of nitrogens with zero attached hydrogens (tertiary/aromatic N) is 3. The van der Waals surface area contributed by atoms with Crippen LogP contribution in [0.25, 0.3) is 17.1 Å². The van der Waals surface area contributed by atoms with Gasteiger partial charge in [-0.05, 0) is 60.5 Å². The van der Waals surface area contributed by atoms with E-state index < -0.39 is 6.23 Å². The van der Waals surface area contributed by atoms with Crippen molar-refractivity contribution in [3.05, 3.63) is 90.0 Å². The highest BCUT2D eigenvalue weighted by Crippen LogP contribution is 2.34. The Labute approximate surface area is 184 Å². The van der Waals surface area contributed by atoms with E-state index in [1.165, 1.54) is 12.1 Å². The second-order valence-corrected chi connectivity index (χ2v) is 7.68. The van der Waals surface area contributed by atoms with Crippen LogP contribution in [-0.2, 0) is 16.0 Å². The van der Waals surface area contributed by atoms with E-state index in [0.717, 1.165) is 16.8 Å². The molecule has 5 rings (SSSR count). The zero-order valence-electron chi connectivity index (χ0n) is 17.2. The van der Waals surface area contributed by atoms with Crippen molar-refractivity contribution in [3.63, 3.8) is 0 Å². The van der Waals surface area contributed by atoms with Crippen LogP contribution in [0, 0.1) is 5.82 Å². The van der Waals surface area contributed by atoms with Gasteiger partial charge in [0.05, 0.1) is 11.4 Å². The Morgan fingerprint density at radius 1 is 1.12 bits per heavy atom. The Balaban J connectivity index is 1.48. The van der Waals surface area contributed by atoms with Crippen LogP contribution in [0.1, 0.15) is 17.4 Å². The molecule has 3 N–H and O–H groups in total. The summed E-state index contributed by atoms with van der Waals surface area (Å²) in [5.74, 6) is -0.387. The molecule has 4 aromatic rings. The number of nitrogens with two attached hydrogens (primary N) is 1. The van der Waals surface area contributed by atoms with E-state index in [9.17, 15) is 9.18 Å². The lowest BCUT2D eigenvalue weighted by atomic mass is 10.1. The first-order valence-corrected chi connectivity index (χ1v) is 10.3. The summed E-state index contributed by atoms with van der Waals surface area (Å²) >= 11 is 0. The lowest BCUT2D eigenvalue weighted by molar-refractivity contribution is -0.128. The summed E-state index contributed by atoms with van der Waals surface area (Å²) < 4.78 is 21.0. The molecule has 1 atom stereocenters. The number of anilines is 1. The molecule has 1 saturated heterocycles. The molecule has 8 heteroatoms. The van der Waals surface area contributed by atoms with E-state index in [4.69, 9.17) is 15.6 Å². The fraction of sp³-hybridized carbons (Fsp3) is 0.167. The molecule has 1 amide bonds.